The molecule has 4 rings (SSSR count). The molecule has 26 heavy (non-hydrogen) atoms. The van der Waals surface area contributed by atoms with Crippen LogP contribution >= 0.6 is 0 Å². The molecule has 0 radical (unpaired) electrons. The van der Waals surface area contributed by atoms with Gasteiger partial charge >= 0.3 is 0 Å². The van der Waals surface area contributed by atoms with Crippen molar-refractivity contribution in [2.24, 2.45) is 0 Å². The topological polar surface area (TPSA) is 66.8 Å². The zero-order valence-electron chi connectivity index (χ0n) is 13.7. The molecule has 0 bridgehead atoms. The Morgan fingerprint density at radius 1 is 1.04 bits per heavy atom. The molecule has 0 amide bonds. The zero-order chi connectivity index (χ0) is 18.3. The molecular formula is C19H16FNO4S. The lowest BCUT2D eigenvalue weighted by molar-refractivity contribution is 0.112. The number of ether oxygens (including phenoxy) is 1. The second kappa shape index (κ2) is 6.26. The van der Waals surface area contributed by atoms with Crippen LogP contribution in [0.25, 0.3) is 10.8 Å². The van der Waals surface area contributed by atoms with Crippen molar-refractivity contribution in [3.05, 3.63) is 66.5 Å². The Bertz CT molecular complexity index is 1080. The highest BCUT2D eigenvalue weighted by Crippen LogP contribution is 2.41. The second-order valence-corrected chi connectivity index (χ2v) is 7.89. The molecule has 0 fully saturated rings. The molecule has 134 valence electrons. The molecule has 1 heterocycles. The summed E-state index contributed by atoms with van der Waals surface area (Å²) in [5, 5.41) is 11.7. The molecule has 3 aromatic carbocycles. The molecule has 0 aromatic heterocycles. The van der Waals surface area contributed by atoms with Gasteiger partial charge in [-0.05, 0) is 29.7 Å². The van der Waals surface area contributed by atoms with Gasteiger partial charge in [-0.3, -0.25) is 4.31 Å². The van der Waals surface area contributed by atoms with Crippen LogP contribution in [0.5, 0.6) is 5.75 Å². The molecule has 1 unspecified atom stereocenters. The Balaban J connectivity index is 1.57. The standard InChI is InChI=1S/C19H16FNO4S/c20-15-7-1-2-9-17(15)25-12-14(22)11-21-16-8-3-5-13-6-4-10-18(19(13)16)26(21,23)24/h1-10,14,22H,11-12H2. The zero-order valence-corrected chi connectivity index (χ0v) is 14.5. The third kappa shape index (κ3) is 2.69. The summed E-state index contributed by atoms with van der Waals surface area (Å²) in [6.45, 7) is -0.399. The largest absolute Gasteiger partial charge is 0.488 e. The highest BCUT2D eigenvalue weighted by atomic mass is 32.2. The Morgan fingerprint density at radius 2 is 1.77 bits per heavy atom. The van der Waals surface area contributed by atoms with Crippen LogP contribution in [0.4, 0.5) is 10.1 Å². The fourth-order valence-electron chi connectivity index (χ4n) is 3.15. The summed E-state index contributed by atoms with van der Waals surface area (Å²) < 4.78 is 45.7. The maximum Gasteiger partial charge on any atom is 0.265 e. The van der Waals surface area contributed by atoms with Gasteiger partial charge in [-0.15, -0.1) is 0 Å². The first-order valence-corrected chi connectivity index (χ1v) is 9.52. The first kappa shape index (κ1) is 16.8. The lowest BCUT2D eigenvalue weighted by Gasteiger charge is -2.22. The molecule has 1 aliphatic heterocycles. The van der Waals surface area contributed by atoms with Gasteiger partial charge in [0.1, 0.15) is 12.7 Å². The van der Waals surface area contributed by atoms with E-state index in [4.69, 9.17) is 4.74 Å². The van der Waals surface area contributed by atoms with Crippen LogP contribution in [-0.4, -0.2) is 32.8 Å². The predicted octanol–water partition coefficient (Wildman–Crippen LogP) is 2.93. The summed E-state index contributed by atoms with van der Waals surface area (Å²) in [7, 11) is -3.74. The minimum Gasteiger partial charge on any atom is -0.488 e. The van der Waals surface area contributed by atoms with Crippen molar-refractivity contribution in [2.75, 3.05) is 17.5 Å². The van der Waals surface area contributed by atoms with Crippen LogP contribution in [0.15, 0.2) is 65.6 Å². The maximum absolute atomic E-state index is 13.6. The molecular weight excluding hydrogens is 357 g/mol. The van der Waals surface area contributed by atoms with E-state index in [-0.39, 0.29) is 23.8 Å². The fourth-order valence-corrected chi connectivity index (χ4v) is 4.89. The highest BCUT2D eigenvalue weighted by molar-refractivity contribution is 7.93. The smallest absolute Gasteiger partial charge is 0.265 e. The monoisotopic (exact) mass is 373 g/mol. The number of hydrogen-bond acceptors (Lipinski definition) is 4. The van der Waals surface area contributed by atoms with E-state index in [0.717, 1.165) is 5.39 Å². The van der Waals surface area contributed by atoms with Gasteiger partial charge in [0.2, 0.25) is 0 Å². The molecule has 0 aliphatic carbocycles. The summed E-state index contributed by atoms with van der Waals surface area (Å²) in [4.78, 5) is 0.229. The number of nitrogens with zero attached hydrogens (tertiary/aromatic N) is 1. The fraction of sp³-hybridized carbons (Fsp3) is 0.158. The van der Waals surface area contributed by atoms with Gasteiger partial charge in [0.15, 0.2) is 11.6 Å². The predicted molar refractivity (Wildman–Crippen MR) is 96.4 cm³/mol. The van der Waals surface area contributed by atoms with Crippen LogP contribution in [-0.2, 0) is 10.0 Å². The van der Waals surface area contributed by atoms with E-state index in [2.05, 4.69) is 0 Å². The van der Waals surface area contributed by atoms with Crippen molar-refractivity contribution in [3.8, 4) is 5.75 Å². The van der Waals surface area contributed by atoms with Crippen LogP contribution in [0.1, 0.15) is 0 Å². The summed E-state index contributed by atoms with van der Waals surface area (Å²) in [5.41, 5.74) is 0.531. The van der Waals surface area contributed by atoms with Gasteiger partial charge in [-0.1, -0.05) is 36.4 Å². The number of aliphatic hydroxyl groups is 1. The maximum atomic E-state index is 13.6. The molecule has 7 heteroatoms. The number of sulfonamides is 1. The Labute approximate surface area is 150 Å². The molecule has 1 N–H and O–H groups in total. The first-order valence-electron chi connectivity index (χ1n) is 8.08. The van der Waals surface area contributed by atoms with Gasteiger partial charge in [-0.2, -0.15) is 0 Å². The number of aliphatic hydroxyl groups excluding tert-OH is 1. The lowest BCUT2D eigenvalue weighted by atomic mass is 10.1. The minimum atomic E-state index is -3.74. The van der Waals surface area contributed by atoms with Crippen LogP contribution in [0.2, 0.25) is 0 Å². The summed E-state index contributed by atoms with van der Waals surface area (Å²) in [6.07, 6.45) is -1.12. The van der Waals surface area contributed by atoms with Crippen molar-refractivity contribution in [1.82, 2.24) is 0 Å². The Kier molecular flexibility index (Phi) is 4.05. The molecule has 0 spiro atoms. The van der Waals surface area contributed by atoms with Gasteiger partial charge in [0.25, 0.3) is 10.0 Å². The molecule has 0 saturated carbocycles. The van der Waals surface area contributed by atoms with Crippen LogP contribution in [0.3, 0.4) is 0 Å². The van der Waals surface area contributed by atoms with Crippen LogP contribution < -0.4 is 9.04 Å². The average molecular weight is 373 g/mol. The van der Waals surface area contributed by atoms with Crippen molar-refractivity contribution < 1.29 is 22.7 Å². The number of rotatable bonds is 5. The summed E-state index contributed by atoms with van der Waals surface area (Å²) in [5.74, 6) is -0.521. The molecule has 5 nitrogen and oxygen atoms in total. The number of anilines is 1. The second-order valence-electron chi connectivity index (χ2n) is 6.06. The number of halogens is 1. The highest BCUT2D eigenvalue weighted by Gasteiger charge is 2.36. The molecule has 1 aliphatic rings. The molecule has 1 atom stereocenters. The summed E-state index contributed by atoms with van der Waals surface area (Å²) >= 11 is 0. The van der Waals surface area contributed by atoms with Gasteiger partial charge in [0.05, 0.1) is 17.1 Å². The van der Waals surface area contributed by atoms with E-state index >= 15 is 0 Å². The van der Waals surface area contributed by atoms with E-state index in [1.165, 1.54) is 22.5 Å². The summed E-state index contributed by atoms with van der Waals surface area (Å²) in [6, 6.07) is 16.3. The SMILES string of the molecule is O=S1(=O)c2cccc3cccc(c23)N1CC(O)COc1ccccc1F. The Morgan fingerprint density at radius 3 is 2.54 bits per heavy atom. The van der Waals surface area contributed by atoms with Gasteiger partial charge < -0.3 is 9.84 Å². The normalized spacial score (nSPS) is 16.0. The third-order valence-corrected chi connectivity index (χ3v) is 6.15. The average Bonchev–Trinajstić information content (AvgIpc) is 2.85. The van der Waals surface area contributed by atoms with Crippen LogP contribution in [0, 0.1) is 5.82 Å². The van der Waals surface area contributed by atoms with Gasteiger partial charge in [-0.25, -0.2) is 12.8 Å². The third-order valence-electron chi connectivity index (χ3n) is 4.33. The first-order chi connectivity index (χ1) is 12.5. The molecule has 3 aromatic rings. The minimum absolute atomic E-state index is 0.0150. The van der Waals surface area contributed by atoms with Crippen molar-refractivity contribution >= 4 is 26.5 Å². The van der Waals surface area contributed by atoms with E-state index in [9.17, 15) is 17.9 Å². The lowest BCUT2D eigenvalue weighted by Crippen LogP contribution is -2.37. The molecule has 0 saturated heterocycles. The van der Waals surface area contributed by atoms with E-state index in [1.54, 1.807) is 30.3 Å². The quantitative estimate of drug-likeness (QED) is 0.747. The Hall–Kier alpha value is -2.64. The van der Waals surface area contributed by atoms with Crippen molar-refractivity contribution in [3.63, 3.8) is 0 Å². The van der Waals surface area contributed by atoms with E-state index < -0.39 is 21.9 Å². The van der Waals surface area contributed by atoms with E-state index in [0.29, 0.717) is 11.1 Å². The number of β-amino-alcohol motifs (C(OH)–C–C–N with tert-alkyl or cyclic N) is 1. The van der Waals surface area contributed by atoms with Crippen molar-refractivity contribution in [1.29, 1.82) is 0 Å². The number of benzene rings is 3. The number of para-hydroxylation sites is 1. The van der Waals surface area contributed by atoms with Gasteiger partial charge in [0, 0.05) is 5.39 Å². The number of hydrogen-bond donors (Lipinski definition) is 1. The van der Waals surface area contributed by atoms with E-state index in [1.807, 2.05) is 12.1 Å². The van der Waals surface area contributed by atoms with Crippen molar-refractivity contribution in [2.45, 2.75) is 11.0 Å².